The zero-order valence-electron chi connectivity index (χ0n) is 20.1. The first kappa shape index (κ1) is 27.4. The Labute approximate surface area is 221 Å². The van der Waals surface area contributed by atoms with Crippen molar-refractivity contribution in [2.45, 2.75) is 25.1 Å². The summed E-state index contributed by atoms with van der Waals surface area (Å²) < 4.78 is 39.1. The smallest absolute Gasteiger partial charge is 0.349 e. The molecule has 0 aliphatic carbocycles. The van der Waals surface area contributed by atoms with Crippen molar-refractivity contribution in [2.75, 3.05) is 43.4 Å². The van der Waals surface area contributed by atoms with Crippen molar-refractivity contribution in [2.24, 2.45) is 0 Å². The van der Waals surface area contributed by atoms with Crippen molar-refractivity contribution >= 4 is 46.6 Å². The molecule has 9 nitrogen and oxygen atoms in total. The van der Waals surface area contributed by atoms with Crippen LogP contribution in [0.25, 0.3) is 0 Å². The van der Waals surface area contributed by atoms with E-state index in [2.05, 4.69) is 16.0 Å². The fraction of sp³-hybridized carbons (Fsp3) is 0.360. The van der Waals surface area contributed by atoms with Crippen LogP contribution in [0.5, 0.6) is 0 Å². The van der Waals surface area contributed by atoms with E-state index in [1.807, 2.05) is 6.07 Å². The topological polar surface area (TPSA) is 111 Å². The molecule has 0 bridgehead atoms. The van der Waals surface area contributed by atoms with Gasteiger partial charge in [0.05, 0.1) is 23.2 Å². The van der Waals surface area contributed by atoms with Gasteiger partial charge in [0, 0.05) is 44.0 Å². The average Bonchev–Trinajstić information content (AvgIpc) is 3.31. The van der Waals surface area contributed by atoms with Crippen LogP contribution in [0.3, 0.4) is 0 Å². The molecule has 2 aliphatic heterocycles. The van der Waals surface area contributed by atoms with Gasteiger partial charge in [-0.3, -0.25) is 24.1 Å². The number of anilines is 2. The lowest BCUT2D eigenvalue weighted by Gasteiger charge is -2.33. The van der Waals surface area contributed by atoms with Crippen LogP contribution in [0.15, 0.2) is 42.5 Å². The molecule has 3 N–H and O–H groups in total. The highest BCUT2D eigenvalue weighted by Crippen LogP contribution is 2.36. The lowest BCUT2D eigenvalue weighted by Crippen LogP contribution is -2.52. The summed E-state index contributed by atoms with van der Waals surface area (Å²) in [5.74, 6) is -2.06. The number of carbonyl (C=O) groups excluding carboxylic acids is 4. The Balaban J connectivity index is 1.25. The van der Waals surface area contributed by atoms with Crippen molar-refractivity contribution in [3.05, 3.63) is 58.6 Å². The minimum absolute atomic E-state index is 0.0307. The fourth-order valence-corrected chi connectivity index (χ4v) is 4.58. The summed E-state index contributed by atoms with van der Waals surface area (Å²) in [5.41, 5.74) is 0.199. The third-order valence-corrected chi connectivity index (χ3v) is 6.65. The van der Waals surface area contributed by atoms with E-state index in [9.17, 15) is 32.3 Å². The van der Waals surface area contributed by atoms with E-state index in [0.29, 0.717) is 31.6 Å². The third-order valence-electron chi connectivity index (χ3n) is 6.32. The predicted molar refractivity (Wildman–Crippen MR) is 133 cm³/mol. The highest BCUT2D eigenvalue weighted by atomic mass is 35.5. The van der Waals surface area contributed by atoms with E-state index < -0.39 is 34.5 Å². The van der Waals surface area contributed by atoms with E-state index in [1.54, 1.807) is 23.1 Å². The van der Waals surface area contributed by atoms with Gasteiger partial charge >= 0.3 is 18.0 Å². The Bertz CT molecular complexity index is 1250. The Morgan fingerprint density at radius 3 is 2.37 bits per heavy atom. The quantitative estimate of drug-likeness (QED) is 0.495. The number of nitrogens with zero attached hydrogens (tertiary/aromatic N) is 2. The average molecular weight is 552 g/mol. The SMILES string of the molecule is O=C(CN1CCN(C(=O)C(=O)Nc2cccc(C3CCC(=O)N3)c2)CC1)Nc1ccc(Cl)c(C(F)(F)F)c1. The number of amides is 4. The monoisotopic (exact) mass is 551 g/mol. The first-order valence-corrected chi connectivity index (χ1v) is 12.3. The van der Waals surface area contributed by atoms with Gasteiger partial charge in [0.1, 0.15) is 0 Å². The molecule has 0 radical (unpaired) electrons. The lowest BCUT2D eigenvalue weighted by atomic mass is 10.0. The van der Waals surface area contributed by atoms with Gasteiger partial charge in [-0.2, -0.15) is 13.2 Å². The van der Waals surface area contributed by atoms with Crippen molar-refractivity contribution in [3.8, 4) is 0 Å². The van der Waals surface area contributed by atoms with E-state index in [4.69, 9.17) is 11.6 Å². The van der Waals surface area contributed by atoms with Gasteiger partial charge in [0.15, 0.2) is 0 Å². The summed E-state index contributed by atoms with van der Waals surface area (Å²) in [4.78, 5) is 52.1. The van der Waals surface area contributed by atoms with Crippen LogP contribution < -0.4 is 16.0 Å². The van der Waals surface area contributed by atoms with E-state index >= 15 is 0 Å². The Kier molecular flexibility index (Phi) is 8.22. The van der Waals surface area contributed by atoms with Gasteiger partial charge in [-0.15, -0.1) is 0 Å². The Morgan fingerprint density at radius 1 is 1.00 bits per heavy atom. The first-order chi connectivity index (χ1) is 18.0. The van der Waals surface area contributed by atoms with Gasteiger partial charge in [-0.05, 0) is 42.3 Å². The van der Waals surface area contributed by atoms with Crippen molar-refractivity contribution in [3.63, 3.8) is 0 Å². The largest absolute Gasteiger partial charge is 0.417 e. The number of alkyl halides is 3. The molecule has 2 fully saturated rings. The Morgan fingerprint density at radius 2 is 1.71 bits per heavy atom. The predicted octanol–water partition coefficient (Wildman–Crippen LogP) is 3.03. The molecule has 2 aliphatic rings. The van der Waals surface area contributed by atoms with Crippen LogP contribution in [0, 0.1) is 0 Å². The summed E-state index contributed by atoms with van der Waals surface area (Å²) in [7, 11) is 0. The van der Waals surface area contributed by atoms with Gasteiger partial charge in [0.25, 0.3) is 0 Å². The van der Waals surface area contributed by atoms with E-state index in [1.165, 1.54) is 11.0 Å². The highest BCUT2D eigenvalue weighted by Gasteiger charge is 2.33. The molecule has 202 valence electrons. The standard InChI is InChI=1S/C25H25ClF3N5O4/c26-19-5-4-17(13-18(19)25(27,28)29)30-22(36)14-33-8-10-34(11-9-33)24(38)23(37)31-16-3-1-2-15(12-16)20-6-7-21(35)32-20/h1-5,12-13,20H,6-11,14H2,(H,30,36)(H,31,37)(H,32,35). The van der Waals surface area contributed by atoms with Crippen molar-refractivity contribution in [1.29, 1.82) is 0 Å². The van der Waals surface area contributed by atoms with Gasteiger partial charge in [0.2, 0.25) is 11.8 Å². The molecule has 2 aromatic carbocycles. The maximum Gasteiger partial charge on any atom is 0.417 e. The lowest BCUT2D eigenvalue weighted by molar-refractivity contribution is -0.144. The van der Waals surface area contributed by atoms with Crippen LogP contribution in [0.4, 0.5) is 24.5 Å². The fourth-order valence-electron chi connectivity index (χ4n) is 4.36. The molecule has 13 heteroatoms. The molecular weight excluding hydrogens is 527 g/mol. The molecule has 2 heterocycles. The number of nitrogens with one attached hydrogen (secondary N) is 3. The van der Waals surface area contributed by atoms with Gasteiger partial charge in [-0.1, -0.05) is 23.7 Å². The molecule has 1 atom stereocenters. The molecule has 1 unspecified atom stereocenters. The van der Waals surface area contributed by atoms with Crippen LogP contribution in [0.1, 0.15) is 30.0 Å². The molecule has 0 aromatic heterocycles. The summed E-state index contributed by atoms with van der Waals surface area (Å²) in [6, 6.07) is 9.93. The number of piperazine rings is 1. The van der Waals surface area contributed by atoms with Crippen LogP contribution in [0.2, 0.25) is 5.02 Å². The van der Waals surface area contributed by atoms with Crippen molar-refractivity contribution in [1.82, 2.24) is 15.1 Å². The number of carbonyl (C=O) groups is 4. The first-order valence-electron chi connectivity index (χ1n) is 11.9. The molecular formula is C25H25ClF3N5O4. The zero-order chi connectivity index (χ0) is 27.4. The number of rotatable bonds is 5. The minimum Gasteiger partial charge on any atom is -0.349 e. The second-order valence-electron chi connectivity index (χ2n) is 9.05. The number of halogens is 4. The normalized spacial score (nSPS) is 18.2. The van der Waals surface area contributed by atoms with Crippen LogP contribution in [-0.4, -0.2) is 66.2 Å². The van der Waals surface area contributed by atoms with E-state index in [0.717, 1.165) is 17.7 Å². The number of benzene rings is 2. The van der Waals surface area contributed by atoms with E-state index in [-0.39, 0.29) is 37.3 Å². The molecule has 2 saturated heterocycles. The van der Waals surface area contributed by atoms with Crippen molar-refractivity contribution < 1.29 is 32.3 Å². The summed E-state index contributed by atoms with van der Waals surface area (Å²) in [6.45, 7) is 0.915. The highest BCUT2D eigenvalue weighted by molar-refractivity contribution is 6.39. The molecule has 0 saturated carbocycles. The maximum atomic E-state index is 13.0. The molecule has 0 spiro atoms. The number of hydrogen-bond donors (Lipinski definition) is 3. The molecule has 4 amide bonds. The van der Waals surface area contributed by atoms with Gasteiger partial charge < -0.3 is 20.9 Å². The second-order valence-corrected chi connectivity index (χ2v) is 9.45. The second kappa shape index (κ2) is 11.4. The third kappa shape index (κ3) is 6.81. The van der Waals surface area contributed by atoms with Crippen LogP contribution in [-0.2, 0) is 25.4 Å². The summed E-state index contributed by atoms with van der Waals surface area (Å²) in [5, 5.41) is 7.42. The number of hydrogen-bond acceptors (Lipinski definition) is 5. The van der Waals surface area contributed by atoms with Gasteiger partial charge in [-0.25, -0.2) is 0 Å². The summed E-state index contributed by atoms with van der Waals surface area (Å²) >= 11 is 5.60. The summed E-state index contributed by atoms with van der Waals surface area (Å²) in [6.07, 6.45) is -3.55. The van der Waals surface area contributed by atoms with Crippen LogP contribution >= 0.6 is 11.6 Å². The maximum absolute atomic E-state index is 13.0. The molecule has 38 heavy (non-hydrogen) atoms. The Hall–Kier alpha value is -3.64. The minimum atomic E-state index is -4.65. The molecule has 4 rings (SSSR count). The molecule has 2 aromatic rings. The zero-order valence-corrected chi connectivity index (χ0v) is 20.9.